The molecule has 102 valence electrons. The van der Waals surface area contributed by atoms with Gasteiger partial charge in [0.05, 0.1) is 6.07 Å². The maximum atomic E-state index is 9.45. The van der Waals surface area contributed by atoms with E-state index in [0.717, 1.165) is 31.3 Å². The monoisotopic (exact) mass is 268 g/mol. The Balaban J connectivity index is 1.84. The Hall–Kier alpha value is -0.240. The highest BCUT2D eigenvalue weighted by Crippen LogP contribution is 2.40. The Morgan fingerprint density at radius 2 is 2.00 bits per heavy atom. The summed E-state index contributed by atoms with van der Waals surface area (Å²) in [5, 5.41) is 14.3. The first-order valence-electron chi connectivity index (χ1n) is 7.06. The summed E-state index contributed by atoms with van der Waals surface area (Å²) >= 11 is 2.10. The zero-order valence-corrected chi connectivity index (χ0v) is 12.3. The quantitative estimate of drug-likeness (QED) is 0.851. The van der Waals surface area contributed by atoms with Gasteiger partial charge in [0.2, 0.25) is 0 Å². The van der Waals surface area contributed by atoms with Crippen LogP contribution in [0, 0.1) is 11.3 Å². The molecule has 1 saturated carbocycles. The second-order valence-corrected chi connectivity index (χ2v) is 7.41. The van der Waals surface area contributed by atoms with E-state index in [1.807, 2.05) is 0 Å². The number of nitrogens with zero attached hydrogens (tertiary/aromatic N) is 1. The second-order valence-electron chi connectivity index (χ2n) is 5.81. The molecular weight excluding hydrogens is 244 g/mol. The Kier molecular flexibility index (Phi) is 4.94. The number of nitrogens with one attached hydrogen (secondary N) is 1. The van der Waals surface area contributed by atoms with Crippen LogP contribution in [0.2, 0.25) is 0 Å². The fraction of sp³-hybridized carbons (Fsp3) is 0.929. The van der Waals surface area contributed by atoms with Crippen LogP contribution >= 0.6 is 11.8 Å². The Morgan fingerprint density at radius 3 is 2.61 bits per heavy atom. The molecular formula is C14H24N2OS. The van der Waals surface area contributed by atoms with Gasteiger partial charge in [-0.15, -0.1) is 0 Å². The van der Waals surface area contributed by atoms with Crippen LogP contribution in [0.1, 0.15) is 46.0 Å². The minimum atomic E-state index is -0.267. The summed E-state index contributed by atoms with van der Waals surface area (Å²) in [6.45, 7) is 6.08. The summed E-state index contributed by atoms with van der Waals surface area (Å²) in [7, 11) is 0. The van der Waals surface area contributed by atoms with Gasteiger partial charge in [-0.1, -0.05) is 0 Å². The average molecular weight is 268 g/mol. The second kappa shape index (κ2) is 6.27. The van der Waals surface area contributed by atoms with E-state index in [9.17, 15) is 5.26 Å². The average Bonchev–Trinajstić information content (AvgIpc) is 2.73. The predicted molar refractivity (Wildman–Crippen MR) is 75.7 cm³/mol. The van der Waals surface area contributed by atoms with Gasteiger partial charge in [-0.05, 0) is 46.0 Å². The van der Waals surface area contributed by atoms with E-state index < -0.39 is 0 Å². The molecule has 0 radical (unpaired) electrons. The van der Waals surface area contributed by atoms with Crippen molar-refractivity contribution in [2.24, 2.45) is 0 Å². The summed E-state index contributed by atoms with van der Waals surface area (Å²) < 4.78 is 5.40. The van der Waals surface area contributed by atoms with Crippen LogP contribution in [0.25, 0.3) is 0 Å². The molecule has 0 aromatic heterocycles. The molecule has 2 atom stereocenters. The van der Waals surface area contributed by atoms with Gasteiger partial charge in [0.15, 0.2) is 0 Å². The lowest BCUT2D eigenvalue weighted by atomic mass is 9.99. The number of rotatable bonds is 4. The first-order valence-corrected chi connectivity index (χ1v) is 8.00. The standard InChI is InChI=1S/C14H24N2OS/c1-11(2)16-14(10-15)6-3-13(9-14)18-12-4-7-17-8-5-12/h11-13,16H,3-9H2,1-2H3. The molecule has 2 fully saturated rings. The van der Waals surface area contributed by atoms with Crippen LogP contribution < -0.4 is 5.32 Å². The van der Waals surface area contributed by atoms with Crippen LogP contribution in [-0.4, -0.2) is 35.3 Å². The molecule has 0 bridgehead atoms. The molecule has 1 heterocycles. The molecule has 0 aromatic rings. The van der Waals surface area contributed by atoms with Gasteiger partial charge in [0.25, 0.3) is 0 Å². The van der Waals surface area contributed by atoms with Crippen LogP contribution in [0.15, 0.2) is 0 Å². The van der Waals surface area contributed by atoms with E-state index in [0.29, 0.717) is 11.3 Å². The van der Waals surface area contributed by atoms with Crippen molar-refractivity contribution in [3.8, 4) is 6.07 Å². The first-order chi connectivity index (χ1) is 8.63. The molecule has 1 aliphatic carbocycles. The number of nitriles is 1. The van der Waals surface area contributed by atoms with E-state index in [1.54, 1.807) is 0 Å². The van der Waals surface area contributed by atoms with Crippen molar-refractivity contribution in [2.45, 2.75) is 68.0 Å². The molecule has 18 heavy (non-hydrogen) atoms. The minimum absolute atomic E-state index is 0.267. The van der Waals surface area contributed by atoms with Gasteiger partial charge in [-0.2, -0.15) is 17.0 Å². The zero-order valence-electron chi connectivity index (χ0n) is 11.4. The minimum Gasteiger partial charge on any atom is -0.381 e. The highest BCUT2D eigenvalue weighted by Gasteiger charge is 2.40. The summed E-state index contributed by atoms with van der Waals surface area (Å²) in [6.07, 6.45) is 5.54. The topological polar surface area (TPSA) is 45.0 Å². The molecule has 0 aromatic carbocycles. The van der Waals surface area contributed by atoms with Crippen molar-refractivity contribution in [3.05, 3.63) is 0 Å². The number of thioether (sulfide) groups is 1. The van der Waals surface area contributed by atoms with Crippen LogP contribution in [0.4, 0.5) is 0 Å². The fourth-order valence-electron chi connectivity index (χ4n) is 3.02. The van der Waals surface area contributed by atoms with Gasteiger partial charge in [-0.3, -0.25) is 5.32 Å². The first kappa shape index (κ1) is 14.2. The molecule has 1 aliphatic heterocycles. The lowest BCUT2D eigenvalue weighted by Gasteiger charge is -2.27. The van der Waals surface area contributed by atoms with Gasteiger partial charge in [0.1, 0.15) is 5.54 Å². The Morgan fingerprint density at radius 1 is 1.28 bits per heavy atom. The lowest BCUT2D eigenvalue weighted by molar-refractivity contribution is 0.0999. The molecule has 2 rings (SSSR count). The summed E-state index contributed by atoms with van der Waals surface area (Å²) in [5.74, 6) is 0. The molecule has 1 N–H and O–H groups in total. The normalized spacial score (nSPS) is 33.8. The number of ether oxygens (including phenoxy) is 1. The van der Waals surface area contributed by atoms with Crippen molar-refractivity contribution < 1.29 is 4.74 Å². The fourth-order valence-corrected chi connectivity index (χ4v) is 4.66. The molecule has 4 heteroatoms. The molecule has 0 amide bonds. The summed E-state index contributed by atoms with van der Waals surface area (Å²) in [6, 6.07) is 2.91. The Bertz CT molecular complexity index is 309. The number of hydrogen-bond acceptors (Lipinski definition) is 4. The SMILES string of the molecule is CC(C)NC1(C#N)CCC(SC2CCOCC2)C1. The molecule has 2 unspecified atom stereocenters. The van der Waals surface area contributed by atoms with Crippen molar-refractivity contribution >= 4 is 11.8 Å². The molecule has 3 nitrogen and oxygen atoms in total. The molecule has 2 aliphatic rings. The largest absolute Gasteiger partial charge is 0.381 e. The van der Waals surface area contributed by atoms with E-state index in [1.165, 1.54) is 19.3 Å². The Labute approximate surface area is 115 Å². The van der Waals surface area contributed by atoms with Gasteiger partial charge in [-0.25, -0.2) is 0 Å². The van der Waals surface area contributed by atoms with Gasteiger partial charge >= 0.3 is 0 Å². The smallest absolute Gasteiger partial charge is 0.108 e. The van der Waals surface area contributed by atoms with Gasteiger partial charge in [0, 0.05) is 29.8 Å². The van der Waals surface area contributed by atoms with Gasteiger partial charge < -0.3 is 4.74 Å². The summed E-state index contributed by atoms with van der Waals surface area (Å²) in [4.78, 5) is 0. The number of hydrogen-bond donors (Lipinski definition) is 1. The van der Waals surface area contributed by atoms with Crippen LogP contribution in [0.3, 0.4) is 0 Å². The third-order valence-electron chi connectivity index (χ3n) is 3.80. The highest BCUT2D eigenvalue weighted by atomic mass is 32.2. The van der Waals surface area contributed by atoms with Crippen molar-refractivity contribution in [1.82, 2.24) is 5.32 Å². The van der Waals surface area contributed by atoms with Crippen molar-refractivity contribution in [1.29, 1.82) is 5.26 Å². The maximum Gasteiger partial charge on any atom is 0.108 e. The third kappa shape index (κ3) is 3.63. The molecule has 1 saturated heterocycles. The van der Waals surface area contributed by atoms with Crippen LogP contribution in [-0.2, 0) is 4.74 Å². The van der Waals surface area contributed by atoms with E-state index in [2.05, 4.69) is 37.0 Å². The third-order valence-corrected chi connectivity index (χ3v) is 5.45. The highest BCUT2D eigenvalue weighted by molar-refractivity contribution is 8.00. The van der Waals surface area contributed by atoms with Crippen LogP contribution in [0.5, 0.6) is 0 Å². The van der Waals surface area contributed by atoms with E-state index in [-0.39, 0.29) is 5.54 Å². The molecule has 0 spiro atoms. The zero-order chi connectivity index (χ0) is 13.0. The summed E-state index contributed by atoms with van der Waals surface area (Å²) in [5.41, 5.74) is -0.267. The maximum absolute atomic E-state index is 9.45. The van der Waals surface area contributed by atoms with Crippen molar-refractivity contribution in [2.75, 3.05) is 13.2 Å². The lowest BCUT2D eigenvalue weighted by Crippen LogP contribution is -2.45. The van der Waals surface area contributed by atoms with E-state index >= 15 is 0 Å². The van der Waals surface area contributed by atoms with Crippen molar-refractivity contribution in [3.63, 3.8) is 0 Å². The van der Waals surface area contributed by atoms with E-state index in [4.69, 9.17) is 4.74 Å². The predicted octanol–water partition coefficient (Wildman–Crippen LogP) is 2.71.